The van der Waals surface area contributed by atoms with E-state index < -0.39 is 0 Å². The lowest BCUT2D eigenvalue weighted by Gasteiger charge is -2.19. The number of ether oxygens (including phenoxy) is 1. The molecule has 1 heterocycles. The third kappa shape index (κ3) is 2.10. The standard InChI is InChI=1S/C15H22N2O/c1-10(2)17-14(11(3)16-4)8-12-6-7-13(18-5)9-15(12)17/h6-11,16H,1-5H3. The number of methoxy groups -OCH3 is 1. The normalized spacial score (nSPS) is 13.2. The Morgan fingerprint density at radius 3 is 2.44 bits per heavy atom. The Balaban J connectivity index is 2.68. The molecule has 0 aliphatic rings. The second-order valence-corrected chi connectivity index (χ2v) is 4.97. The number of hydrogen-bond donors (Lipinski definition) is 1. The molecule has 1 unspecified atom stereocenters. The van der Waals surface area contributed by atoms with Gasteiger partial charge in [-0.3, -0.25) is 0 Å². The van der Waals surface area contributed by atoms with E-state index in [1.165, 1.54) is 16.6 Å². The van der Waals surface area contributed by atoms with Crippen molar-refractivity contribution in [2.24, 2.45) is 0 Å². The van der Waals surface area contributed by atoms with E-state index in [9.17, 15) is 0 Å². The van der Waals surface area contributed by atoms with Crippen LogP contribution in [-0.4, -0.2) is 18.7 Å². The molecule has 0 spiro atoms. The van der Waals surface area contributed by atoms with E-state index in [1.807, 2.05) is 13.1 Å². The maximum atomic E-state index is 5.32. The number of rotatable bonds is 4. The largest absolute Gasteiger partial charge is 0.497 e. The molecule has 3 heteroatoms. The lowest BCUT2D eigenvalue weighted by atomic mass is 10.2. The van der Waals surface area contributed by atoms with Crippen LogP contribution in [0.5, 0.6) is 5.75 Å². The summed E-state index contributed by atoms with van der Waals surface area (Å²) in [7, 11) is 3.70. The summed E-state index contributed by atoms with van der Waals surface area (Å²) in [6, 6.07) is 9.28. The molecule has 98 valence electrons. The Morgan fingerprint density at radius 1 is 1.17 bits per heavy atom. The first-order valence-corrected chi connectivity index (χ1v) is 6.44. The highest BCUT2D eigenvalue weighted by atomic mass is 16.5. The van der Waals surface area contributed by atoms with Gasteiger partial charge in [-0.1, -0.05) is 0 Å². The van der Waals surface area contributed by atoms with Crippen molar-refractivity contribution in [3.63, 3.8) is 0 Å². The minimum absolute atomic E-state index is 0.339. The molecule has 0 aliphatic carbocycles. The zero-order chi connectivity index (χ0) is 13.3. The minimum Gasteiger partial charge on any atom is -0.497 e. The summed E-state index contributed by atoms with van der Waals surface area (Å²) >= 11 is 0. The fourth-order valence-electron chi connectivity index (χ4n) is 2.41. The van der Waals surface area contributed by atoms with Crippen LogP contribution in [0.4, 0.5) is 0 Å². The topological polar surface area (TPSA) is 26.2 Å². The Labute approximate surface area is 109 Å². The molecule has 2 rings (SSSR count). The van der Waals surface area contributed by atoms with E-state index in [0.29, 0.717) is 12.1 Å². The van der Waals surface area contributed by atoms with Gasteiger partial charge in [-0.25, -0.2) is 0 Å². The van der Waals surface area contributed by atoms with E-state index in [2.05, 4.69) is 48.9 Å². The van der Waals surface area contributed by atoms with Gasteiger partial charge in [-0.2, -0.15) is 0 Å². The van der Waals surface area contributed by atoms with E-state index in [0.717, 1.165) is 5.75 Å². The molecule has 3 nitrogen and oxygen atoms in total. The second-order valence-electron chi connectivity index (χ2n) is 4.97. The number of fused-ring (bicyclic) bond motifs is 1. The van der Waals surface area contributed by atoms with Crippen LogP contribution in [0.3, 0.4) is 0 Å². The summed E-state index contributed by atoms with van der Waals surface area (Å²) in [4.78, 5) is 0. The summed E-state index contributed by atoms with van der Waals surface area (Å²) in [5.41, 5.74) is 2.55. The monoisotopic (exact) mass is 246 g/mol. The van der Waals surface area contributed by atoms with Crippen LogP contribution < -0.4 is 10.1 Å². The summed E-state index contributed by atoms with van der Waals surface area (Å²) in [5, 5.41) is 4.58. The molecule has 0 saturated heterocycles. The van der Waals surface area contributed by atoms with Gasteiger partial charge in [0.05, 0.1) is 12.6 Å². The maximum Gasteiger partial charge on any atom is 0.120 e. The smallest absolute Gasteiger partial charge is 0.120 e. The van der Waals surface area contributed by atoms with Gasteiger partial charge in [0.2, 0.25) is 0 Å². The van der Waals surface area contributed by atoms with Crippen LogP contribution in [0.2, 0.25) is 0 Å². The van der Waals surface area contributed by atoms with Crippen molar-refractivity contribution in [1.29, 1.82) is 0 Å². The number of benzene rings is 1. The van der Waals surface area contributed by atoms with E-state index >= 15 is 0 Å². The van der Waals surface area contributed by atoms with Gasteiger partial charge in [-0.05, 0) is 46.0 Å². The van der Waals surface area contributed by atoms with Gasteiger partial charge >= 0.3 is 0 Å². The molecule has 0 aliphatic heterocycles. The first kappa shape index (κ1) is 13.0. The zero-order valence-electron chi connectivity index (χ0n) is 11.8. The molecule has 1 aromatic carbocycles. The van der Waals surface area contributed by atoms with E-state index in [-0.39, 0.29) is 0 Å². The minimum atomic E-state index is 0.339. The molecule has 0 radical (unpaired) electrons. The van der Waals surface area contributed by atoms with Gasteiger partial charge in [0.15, 0.2) is 0 Å². The summed E-state index contributed by atoms with van der Waals surface area (Å²) in [5.74, 6) is 0.908. The number of hydrogen-bond acceptors (Lipinski definition) is 2. The van der Waals surface area contributed by atoms with Gasteiger partial charge in [-0.15, -0.1) is 0 Å². The molecule has 0 amide bonds. The average Bonchev–Trinajstić information content (AvgIpc) is 2.75. The van der Waals surface area contributed by atoms with Crippen molar-refractivity contribution in [3.05, 3.63) is 30.0 Å². The van der Waals surface area contributed by atoms with Crippen molar-refractivity contribution >= 4 is 10.9 Å². The predicted octanol–water partition coefficient (Wildman–Crippen LogP) is 3.51. The number of nitrogens with one attached hydrogen (secondary N) is 1. The Kier molecular flexibility index (Phi) is 3.62. The highest BCUT2D eigenvalue weighted by Gasteiger charge is 2.15. The lowest BCUT2D eigenvalue weighted by Crippen LogP contribution is -2.17. The molecule has 0 fully saturated rings. The molecular weight excluding hydrogens is 224 g/mol. The Hall–Kier alpha value is -1.48. The van der Waals surface area contributed by atoms with Crippen molar-refractivity contribution in [2.45, 2.75) is 32.9 Å². The van der Waals surface area contributed by atoms with Crippen LogP contribution in [0.15, 0.2) is 24.3 Å². The number of aromatic nitrogens is 1. The highest BCUT2D eigenvalue weighted by molar-refractivity contribution is 5.83. The second kappa shape index (κ2) is 5.02. The first-order chi connectivity index (χ1) is 8.58. The maximum absolute atomic E-state index is 5.32. The molecule has 18 heavy (non-hydrogen) atoms. The van der Waals surface area contributed by atoms with Crippen molar-refractivity contribution in [1.82, 2.24) is 9.88 Å². The lowest BCUT2D eigenvalue weighted by molar-refractivity contribution is 0.415. The van der Waals surface area contributed by atoms with Crippen LogP contribution in [0.25, 0.3) is 10.9 Å². The molecular formula is C15H22N2O. The first-order valence-electron chi connectivity index (χ1n) is 6.44. The van der Waals surface area contributed by atoms with Crippen molar-refractivity contribution in [2.75, 3.05) is 14.2 Å². The SMILES string of the molecule is CNC(C)c1cc2ccc(OC)cc2n1C(C)C. The fraction of sp³-hybridized carbons (Fsp3) is 0.467. The van der Waals surface area contributed by atoms with Gasteiger partial charge in [0.1, 0.15) is 5.75 Å². The quantitative estimate of drug-likeness (QED) is 0.893. The van der Waals surface area contributed by atoms with Crippen LogP contribution >= 0.6 is 0 Å². The zero-order valence-corrected chi connectivity index (χ0v) is 11.8. The number of nitrogens with zero attached hydrogens (tertiary/aromatic N) is 1. The van der Waals surface area contributed by atoms with Crippen LogP contribution in [-0.2, 0) is 0 Å². The van der Waals surface area contributed by atoms with Gasteiger partial charge in [0, 0.05) is 29.2 Å². The molecule has 1 atom stereocenters. The molecule has 1 aromatic heterocycles. The Morgan fingerprint density at radius 2 is 1.89 bits per heavy atom. The van der Waals surface area contributed by atoms with Crippen molar-refractivity contribution < 1.29 is 4.74 Å². The summed E-state index contributed by atoms with van der Waals surface area (Å²) < 4.78 is 7.70. The van der Waals surface area contributed by atoms with Gasteiger partial charge in [0.25, 0.3) is 0 Å². The van der Waals surface area contributed by atoms with E-state index in [1.54, 1.807) is 7.11 Å². The van der Waals surface area contributed by atoms with Crippen molar-refractivity contribution in [3.8, 4) is 5.75 Å². The fourth-order valence-corrected chi connectivity index (χ4v) is 2.41. The Bertz CT molecular complexity index is 543. The van der Waals surface area contributed by atoms with Gasteiger partial charge < -0.3 is 14.6 Å². The third-order valence-electron chi connectivity index (χ3n) is 3.47. The van der Waals surface area contributed by atoms with E-state index in [4.69, 9.17) is 4.74 Å². The molecule has 0 bridgehead atoms. The highest BCUT2D eigenvalue weighted by Crippen LogP contribution is 2.30. The molecule has 0 saturated carbocycles. The summed E-state index contributed by atoms with van der Waals surface area (Å²) in [6.45, 7) is 6.61. The third-order valence-corrected chi connectivity index (χ3v) is 3.47. The average molecular weight is 246 g/mol. The predicted molar refractivity (Wildman–Crippen MR) is 76.3 cm³/mol. The molecule has 1 N–H and O–H groups in total. The van der Waals surface area contributed by atoms with Crippen LogP contribution in [0.1, 0.15) is 38.5 Å². The molecule has 2 aromatic rings. The van der Waals surface area contributed by atoms with Crippen LogP contribution in [0, 0.1) is 0 Å². The summed E-state index contributed by atoms with van der Waals surface area (Å²) in [6.07, 6.45) is 0.